The zero-order valence-corrected chi connectivity index (χ0v) is 20.3. The van der Waals surface area contributed by atoms with Gasteiger partial charge in [0.1, 0.15) is 16.5 Å². The number of aryl methyl sites for hydroxylation is 1. The van der Waals surface area contributed by atoms with Crippen LogP contribution in [-0.2, 0) is 17.6 Å². The number of para-hydroxylation sites is 1. The van der Waals surface area contributed by atoms with Crippen molar-refractivity contribution in [3.63, 3.8) is 0 Å². The Morgan fingerprint density at radius 2 is 2.06 bits per heavy atom. The van der Waals surface area contributed by atoms with Crippen molar-refractivity contribution in [1.82, 2.24) is 4.98 Å². The van der Waals surface area contributed by atoms with E-state index in [9.17, 15) is 9.59 Å². The van der Waals surface area contributed by atoms with Gasteiger partial charge in [0, 0.05) is 10.3 Å². The molecule has 1 aromatic carbocycles. The summed E-state index contributed by atoms with van der Waals surface area (Å²) in [6.07, 6.45) is 3.89. The predicted octanol–water partition coefficient (Wildman–Crippen LogP) is 6.42. The van der Waals surface area contributed by atoms with Crippen LogP contribution in [0.2, 0.25) is 0 Å². The summed E-state index contributed by atoms with van der Waals surface area (Å²) in [5.74, 6) is 1.27. The van der Waals surface area contributed by atoms with Gasteiger partial charge in [0.2, 0.25) is 0 Å². The van der Waals surface area contributed by atoms with E-state index in [2.05, 4.69) is 12.2 Å². The molecule has 1 aliphatic rings. The van der Waals surface area contributed by atoms with Crippen molar-refractivity contribution in [2.45, 2.75) is 39.5 Å². The fourth-order valence-corrected chi connectivity index (χ4v) is 5.99. The van der Waals surface area contributed by atoms with Crippen LogP contribution in [0.15, 0.2) is 46.9 Å². The molecule has 0 fully saturated rings. The third kappa shape index (κ3) is 4.01. The molecule has 1 atom stereocenters. The number of furan rings is 1. The normalized spacial score (nSPS) is 15.2. The predicted molar refractivity (Wildman–Crippen MR) is 134 cm³/mol. The lowest BCUT2D eigenvalue weighted by Gasteiger charge is -2.20. The number of nitrogens with one attached hydrogen (secondary N) is 1. The summed E-state index contributed by atoms with van der Waals surface area (Å²) in [7, 11) is 1.38. The lowest BCUT2D eigenvalue weighted by atomic mass is 9.85. The molecule has 0 saturated carbocycles. The minimum atomic E-state index is -0.408. The highest BCUT2D eigenvalue weighted by molar-refractivity contribution is 7.17. The Morgan fingerprint density at radius 3 is 2.79 bits per heavy atom. The topological polar surface area (TPSA) is 81.4 Å². The Kier molecular flexibility index (Phi) is 5.96. The van der Waals surface area contributed by atoms with E-state index in [0.717, 1.165) is 42.4 Å². The second-order valence-corrected chi connectivity index (χ2v) is 9.76. The molecule has 1 aliphatic carbocycles. The monoisotopic (exact) mass is 474 g/mol. The van der Waals surface area contributed by atoms with Crippen LogP contribution in [0.25, 0.3) is 22.4 Å². The Balaban J connectivity index is 1.57. The van der Waals surface area contributed by atoms with Gasteiger partial charge >= 0.3 is 5.97 Å². The van der Waals surface area contributed by atoms with Crippen molar-refractivity contribution in [3.05, 3.63) is 69.8 Å². The van der Waals surface area contributed by atoms with Gasteiger partial charge < -0.3 is 14.5 Å². The number of thiophene rings is 1. The van der Waals surface area contributed by atoms with Gasteiger partial charge in [0.25, 0.3) is 5.91 Å². The first-order valence-electron chi connectivity index (χ1n) is 11.5. The Bertz CT molecular complexity index is 1400. The number of pyridine rings is 1. The van der Waals surface area contributed by atoms with Gasteiger partial charge in [-0.3, -0.25) is 4.79 Å². The van der Waals surface area contributed by atoms with Crippen LogP contribution in [0.4, 0.5) is 5.00 Å². The highest BCUT2D eigenvalue weighted by atomic mass is 32.1. The lowest BCUT2D eigenvalue weighted by molar-refractivity contribution is 0.0600. The Hall–Kier alpha value is -3.45. The van der Waals surface area contributed by atoms with E-state index >= 15 is 0 Å². The van der Waals surface area contributed by atoms with Crippen LogP contribution in [0.1, 0.15) is 56.7 Å². The number of esters is 1. The van der Waals surface area contributed by atoms with E-state index in [4.69, 9.17) is 14.1 Å². The molecule has 34 heavy (non-hydrogen) atoms. The molecule has 174 valence electrons. The van der Waals surface area contributed by atoms with Crippen molar-refractivity contribution < 1.29 is 18.7 Å². The SMILES string of the molecule is CCC1CCc2c(sc(NC(=O)c3cc(-c4ccc(C)o4)nc4ccccc34)c2C(=O)OC)C1. The van der Waals surface area contributed by atoms with Gasteiger partial charge in [0.15, 0.2) is 5.76 Å². The van der Waals surface area contributed by atoms with Crippen molar-refractivity contribution in [2.75, 3.05) is 12.4 Å². The summed E-state index contributed by atoms with van der Waals surface area (Å²) in [4.78, 5) is 32.2. The quantitative estimate of drug-likeness (QED) is 0.338. The third-order valence-electron chi connectivity index (χ3n) is 6.51. The zero-order valence-electron chi connectivity index (χ0n) is 19.4. The first-order valence-corrected chi connectivity index (χ1v) is 12.3. The second-order valence-electron chi connectivity index (χ2n) is 8.65. The number of methoxy groups -OCH3 is 1. The highest BCUT2D eigenvalue weighted by Gasteiger charge is 2.30. The third-order valence-corrected chi connectivity index (χ3v) is 7.68. The van der Waals surface area contributed by atoms with E-state index in [1.54, 1.807) is 6.07 Å². The smallest absolute Gasteiger partial charge is 0.341 e. The number of carbonyl (C=O) groups is 2. The van der Waals surface area contributed by atoms with Crippen molar-refractivity contribution in [1.29, 1.82) is 0 Å². The molecule has 5 rings (SSSR count). The number of benzene rings is 1. The Labute approximate surface area is 202 Å². The second kappa shape index (κ2) is 9.06. The van der Waals surface area contributed by atoms with Gasteiger partial charge in [-0.25, -0.2) is 9.78 Å². The Morgan fingerprint density at radius 1 is 1.24 bits per heavy atom. The molecule has 7 heteroatoms. The van der Waals surface area contributed by atoms with E-state index in [-0.39, 0.29) is 5.91 Å². The number of hydrogen-bond acceptors (Lipinski definition) is 6. The van der Waals surface area contributed by atoms with Gasteiger partial charge in [-0.2, -0.15) is 0 Å². The first-order chi connectivity index (χ1) is 16.5. The lowest BCUT2D eigenvalue weighted by Crippen LogP contribution is -2.17. The molecule has 0 spiro atoms. The largest absolute Gasteiger partial charge is 0.465 e. The number of hydrogen-bond donors (Lipinski definition) is 1. The van der Waals surface area contributed by atoms with Crippen LogP contribution >= 0.6 is 11.3 Å². The van der Waals surface area contributed by atoms with E-state index in [1.807, 2.05) is 43.3 Å². The molecule has 0 saturated heterocycles. The number of anilines is 1. The van der Waals surface area contributed by atoms with Crippen LogP contribution in [0, 0.1) is 12.8 Å². The molecule has 3 aromatic heterocycles. The molecule has 0 aliphatic heterocycles. The van der Waals surface area contributed by atoms with E-state index in [1.165, 1.54) is 23.3 Å². The molecule has 0 radical (unpaired) electrons. The van der Waals surface area contributed by atoms with Gasteiger partial charge in [-0.15, -0.1) is 11.3 Å². The zero-order chi connectivity index (χ0) is 23.8. The van der Waals surface area contributed by atoms with Crippen LogP contribution < -0.4 is 5.32 Å². The van der Waals surface area contributed by atoms with E-state index < -0.39 is 5.97 Å². The molecule has 3 heterocycles. The summed E-state index contributed by atoms with van der Waals surface area (Å²) >= 11 is 1.49. The molecule has 0 bridgehead atoms. The first kappa shape index (κ1) is 22.3. The van der Waals surface area contributed by atoms with Crippen LogP contribution in [0.3, 0.4) is 0 Å². The molecule has 1 N–H and O–H groups in total. The number of aromatic nitrogens is 1. The summed E-state index contributed by atoms with van der Waals surface area (Å²) in [5, 5.41) is 4.31. The van der Waals surface area contributed by atoms with Crippen molar-refractivity contribution >= 4 is 39.1 Å². The summed E-state index contributed by atoms with van der Waals surface area (Å²) < 4.78 is 10.8. The number of carbonyl (C=O) groups excluding carboxylic acids is 2. The van der Waals surface area contributed by atoms with Crippen molar-refractivity contribution in [2.24, 2.45) is 5.92 Å². The maximum absolute atomic E-state index is 13.6. The number of ether oxygens (including phenoxy) is 1. The van der Waals surface area contributed by atoms with Crippen molar-refractivity contribution in [3.8, 4) is 11.5 Å². The molecule has 1 unspecified atom stereocenters. The number of rotatable bonds is 5. The number of amides is 1. The average molecular weight is 475 g/mol. The van der Waals surface area contributed by atoms with E-state index in [0.29, 0.717) is 39.0 Å². The molecular formula is C27H26N2O4S. The molecule has 1 amide bonds. The number of nitrogens with zero attached hydrogens (tertiary/aromatic N) is 1. The van der Waals surface area contributed by atoms with Gasteiger partial charge in [-0.1, -0.05) is 31.5 Å². The van der Waals surface area contributed by atoms with Crippen LogP contribution in [-0.4, -0.2) is 24.0 Å². The highest BCUT2D eigenvalue weighted by Crippen LogP contribution is 2.41. The molecule has 4 aromatic rings. The van der Waals surface area contributed by atoms with Gasteiger partial charge in [0.05, 0.1) is 23.8 Å². The fourth-order valence-electron chi connectivity index (χ4n) is 4.64. The number of fused-ring (bicyclic) bond motifs is 2. The fraction of sp³-hybridized carbons (Fsp3) is 0.296. The summed E-state index contributed by atoms with van der Waals surface area (Å²) in [6, 6.07) is 13.0. The minimum Gasteiger partial charge on any atom is -0.465 e. The summed E-state index contributed by atoms with van der Waals surface area (Å²) in [5.41, 5.74) is 3.27. The minimum absolute atomic E-state index is 0.293. The standard InChI is InChI=1S/C27H26N2O4S/c1-4-16-10-11-18-23(13-16)34-26(24(18)27(31)32-3)29-25(30)19-14-21(22-12-9-15(2)33-22)28-20-8-6-5-7-17(19)20/h5-9,12,14,16H,4,10-11,13H2,1-3H3,(H,29,30). The average Bonchev–Trinajstić information content (AvgIpc) is 3.45. The maximum atomic E-state index is 13.6. The van der Waals surface area contributed by atoms with Crippen LogP contribution in [0.5, 0.6) is 0 Å². The molecule has 6 nitrogen and oxygen atoms in total. The maximum Gasteiger partial charge on any atom is 0.341 e. The summed E-state index contributed by atoms with van der Waals surface area (Å²) in [6.45, 7) is 4.06. The van der Waals surface area contributed by atoms with Gasteiger partial charge in [-0.05, 0) is 61.9 Å². The molecular weight excluding hydrogens is 448 g/mol.